The van der Waals surface area contributed by atoms with Gasteiger partial charge in [0.05, 0.1) is 12.7 Å². The molecule has 106 valence electrons. The fraction of sp³-hybridized carbons (Fsp3) is 1.00. The first-order valence-corrected chi connectivity index (χ1v) is 7.60. The average molecular weight is 254 g/mol. The van der Waals surface area contributed by atoms with E-state index >= 15 is 0 Å². The Morgan fingerprint density at radius 3 is 2.61 bits per heavy atom. The molecule has 2 rings (SSSR count). The van der Waals surface area contributed by atoms with Gasteiger partial charge in [0, 0.05) is 32.7 Å². The van der Waals surface area contributed by atoms with Crippen molar-refractivity contribution in [2.24, 2.45) is 11.3 Å². The first-order valence-electron chi connectivity index (χ1n) is 7.60. The van der Waals surface area contributed by atoms with Crippen molar-refractivity contribution in [3.8, 4) is 0 Å². The zero-order valence-corrected chi connectivity index (χ0v) is 12.4. The fourth-order valence-corrected chi connectivity index (χ4v) is 3.67. The number of hydrogen-bond acceptors (Lipinski definition) is 3. The molecule has 2 fully saturated rings. The predicted octanol–water partition coefficient (Wildman–Crippen LogP) is 2.12. The van der Waals surface area contributed by atoms with Gasteiger partial charge in [0.2, 0.25) is 0 Å². The summed E-state index contributed by atoms with van der Waals surface area (Å²) in [4.78, 5) is 2.51. The van der Waals surface area contributed by atoms with Gasteiger partial charge in [-0.05, 0) is 30.6 Å². The molecular weight excluding hydrogens is 224 g/mol. The molecule has 1 aliphatic carbocycles. The summed E-state index contributed by atoms with van der Waals surface area (Å²) in [5.74, 6) is 0.818. The largest absolute Gasteiger partial charge is 0.377 e. The van der Waals surface area contributed by atoms with Gasteiger partial charge in [0.1, 0.15) is 0 Å². The lowest BCUT2D eigenvalue weighted by atomic mass is 9.71. The molecule has 0 aromatic rings. The van der Waals surface area contributed by atoms with E-state index in [9.17, 15) is 0 Å². The van der Waals surface area contributed by atoms with Gasteiger partial charge in [-0.15, -0.1) is 0 Å². The summed E-state index contributed by atoms with van der Waals surface area (Å²) in [6.07, 6.45) is 4.33. The number of ether oxygens (including phenoxy) is 1. The lowest BCUT2D eigenvalue weighted by Gasteiger charge is -2.39. The molecule has 1 saturated heterocycles. The maximum absolute atomic E-state index is 6.13. The van der Waals surface area contributed by atoms with Crippen molar-refractivity contribution in [2.45, 2.75) is 46.1 Å². The van der Waals surface area contributed by atoms with E-state index < -0.39 is 0 Å². The van der Waals surface area contributed by atoms with Gasteiger partial charge < -0.3 is 10.1 Å². The molecule has 0 aromatic carbocycles. The Morgan fingerprint density at radius 2 is 1.94 bits per heavy atom. The van der Waals surface area contributed by atoms with Crippen LogP contribution in [0.4, 0.5) is 0 Å². The van der Waals surface area contributed by atoms with Gasteiger partial charge in [-0.2, -0.15) is 0 Å². The van der Waals surface area contributed by atoms with E-state index in [1.54, 1.807) is 0 Å². The third kappa shape index (κ3) is 4.52. The second-order valence-electron chi connectivity index (χ2n) is 7.00. The van der Waals surface area contributed by atoms with Crippen LogP contribution in [-0.4, -0.2) is 50.3 Å². The lowest BCUT2D eigenvalue weighted by molar-refractivity contribution is -0.0299. The van der Waals surface area contributed by atoms with E-state index in [-0.39, 0.29) is 0 Å². The summed E-state index contributed by atoms with van der Waals surface area (Å²) in [7, 11) is 0. The highest BCUT2D eigenvalue weighted by molar-refractivity contribution is 4.83. The van der Waals surface area contributed by atoms with Crippen molar-refractivity contribution in [3.63, 3.8) is 0 Å². The van der Waals surface area contributed by atoms with Crippen LogP contribution in [0.1, 0.15) is 40.0 Å². The standard InChI is InChI=1S/C15H30N2O/c1-13-10-14(12-15(2,3)11-13)18-9-8-17-6-4-16-5-7-17/h13-14,16H,4-12H2,1-3H3. The third-order valence-electron chi connectivity index (χ3n) is 4.32. The Morgan fingerprint density at radius 1 is 1.22 bits per heavy atom. The summed E-state index contributed by atoms with van der Waals surface area (Å²) in [6.45, 7) is 13.8. The molecule has 1 heterocycles. The van der Waals surface area contributed by atoms with Crippen molar-refractivity contribution in [1.82, 2.24) is 10.2 Å². The van der Waals surface area contributed by atoms with Crippen molar-refractivity contribution in [3.05, 3.63) is 0 Å². The van der Waals surface area contributed by atoms with Gasteiger partial charge in [-0.25, -0.2) is 0 Å². The Kier molecular flexibility index (Phi) is 5.05. The summed E-state index contributed by atoms with van der Waals surface area (Å²) in [5, 5.41) is 3.39. The number of hydrogen-bond donors (Lipinski definition) is 1. The Hall–Kier alpha value is -0.120. The molecule has 3 nitrogen and oxygen atoms in total. The Balaban J connectivity index is 1.66. The molecule has 0 spiro atoms. The maximum Gasteiger partial charge on any atom is 0.0597 e. The third-order valence-corrected chi connectivity index (χ3v) is 4.32. The van der Waals surface area contributed by atoms with Crippen LogP contribution in [0.25, 0.3) is 0 Å². The van der Waals surface area contributed by atoms with Gasteiger partial charge >= 0.3 is 0 Å². The quantitative estimate of drug-likeness (QED) is 0.832. The average Bonchev–Trinajstić information content (AvgIpc) is 2.27. The first kappa shape index (κ1) is 14.3. The Bertz CT molecular complexity index is 249. The van der Waals surface area contributed by atoms with Gasteiger partial charge in [-0.3, -0.25) is 4.90 Å². The molecule has 2 aliphatic rings. The zero-order chi connectivity index (χ0) is 13.0. The molecular formula is C15H30N2O. The van der Waals surface area contributed by atoms with Crippen LogP contribution in [0.5, 0.6) is 0 Å². The SMILES string of the molecule is CC1CC(OCCN2CCNCC2)CC(C)(C)C1. The summed E-state index contributed by atoms with van der Waals surface area (Å²) >= 11 is 0. The number of rotatable bonds is 4. The van der Waals surface area contributed by atoms with Crippen LogP contribution >= 0.6 is 0 Å². The van der Waals surface area contributed by atoms with Crippen LogP contribution in [0.2, 0.25) is 0 Å². The fourth-order valence-electron chi connectivity index (χ4n) is 3.67. The first-order chi connectivity index (χ1) is 8.55. The molecule has 0 aromatic heterocycles. The van der Waals surface area contributed by atoms with Crippen LogP contribution in [-0.2, 0) is 4.74 Å². The normalized spacial score (nSPS) is 33.5. The van der Waals surface area contributed by atoms with Crippen LogP contribution < -0.4 is 5.32 Å². The van der Waals surface area contributed by atoms with E-state index in [0.29, 0.717) is 11.5 Å². The van der Waals surface area contributed by atoms with Crippen LogP contribution in [0.3, 0.4) is 0 Å². The molecule has 3 heteroatoms. The topological polar surface area (TPSA) is 24.5 Å². The van der Waals surface area contributed by atoms with Gasteiger partial charge in [0.15, 0.2) is 0 Å². The van der Waals surface area contributed by atoms with Gasteiger partial charge in [0.25, 0.3) is 0 Å². The highest BCUT2D eigenvalue weighted by Gasteiger charge is 2.32. The summed E-state index contributed by atoms with van der Waals surface area (Å²) in [6, 6.07) is 0. The molecule has 1 aliphatic heterocycles. The second-order valence-corrected chi connectivity index (χ2v) is 7.00. The van der Waals surface area contributed by atoms with E-state index in [0.717, 1.165) is 32.2 Å². The molecule has 0 radical (unpaired) electrons. The highest BCUT2D eigenvalue weighted by atomic mass is 16.5. The summed E-state index contributed by atoms with van der Waals surface area (Å²) in [5.41, 5.74) is 0.470. The van der Waals surface area contributed by atoms with Crippen LogP contribution in [0.15, 0.2) is 0 Å². The number of nitrogens with one attached hydrogen (secondary N) is 1. The van der Waals surface area contributed by atoms with E-state index in [1.165, 1.54) is 32.4 Å². The van der Waals surface area contributed by atoms with Crippen molar-refractivity contribution in [2.75, 3.05) is 39.3 Å². The molecule has 1 N–H and O–H groups in total. The maximum atomic E-state index is 6.13. The highest BCUT2D eigenvalue weighted by Crippen LogP contribution is 2.39. The van der Waals surface area contributed by atoms with Crippen molar-refractivity contribution < 1.29 is 4.74 Å². The van der Waals surface area contributed by atoms with Crippen LogP contribution in [0, 0.1) is 11.3 Å². The zero-order valence-electron chi connectivity index (χ0n) is 12.4. The summed E-state index contributed by atoms with van der Waals surface area (Å²) < 4.78 is 6.13. The number of nitrogens with zero attached hydrogens (tertiary/aromatic N) is 1. The van der Waals surface area contributed by atoms with Gasteiger partial charge in [-0.1, -0.05) is 20.8 Å². The molecule has 0 amide bonds. The molecule has 18 heavy (non-hydrogen) atoms. The van der Waals surface area contributed by atoms with Crippen molar-refractivity contribution >= 4 is 0 Å². The molecule has 2 unspecified atom stereocenters. The Labute approximate surface area is 112 Å². The van der Waals surface area contributed by atoms with Crippen molar-refractivity contribution in [1.29, 1.82) is 0 Å². The van der Waals surface area contributed by atoms with E-state index in [4.69, 9.17) is 4.74 Å². The second kappa shape index (κ2) is 6.36. The minimum atomic E-state index is 0.470. The van der Waals surface area contributed by atoms with E-state index in [2.05, 4.69) is 31.0 Å². The number of piperazine rings is 1. The monoisotopic (exact) mass is 254 g/mol. The smallest absolute Gasteiger partial charge is 0.0597 e. The lowest BCUT2D eigenvalue weighted by Crippen LogP contribution is -2.45. The predicted molar refractivity (Wildman–Crippen MR) is 75.8 cm³/mol. The van der Waals surface area contributed by atoms with E-state index in [1.807, 2.05) is 0 Å². The minimum absolute atomic E-state index is 0.470. The molecule has 2 atom stereocenters. The minimum Gasteiger partial charge on any atom is -0.377 e. The molecule has 0 bridgehead atoms. The molecule has 1 saturated carbocycles.